The van der Waals surface area contributed by atoms with Gasteiger partial charge in [0.15, 0.2) is 9.04 Å². The summed E-state index contributed by atoms with van der Waals surface area (Å²) in [7, 11) is -2.78. The van der Waals surface area contributed by atoms with Gasteiger partial charge in [0.25, 0.3) is 0 Å². The predicted octanol–water partition coefficient (Wildman–Crippen LogP) is 5.52. The fourth-order valence-corrected chi connectivity index (χ4v) is 5.62. The molecule has 1 aromatic carbocycles. The van der Waals surface area contributed by atoms with E-state index in [-0.39, 0.29) is 16.9 Å². The van der Waals surface area contributed by atoms with Crippen LogP contribution in [0.15, 0.2) is 30.9 Å². The second-order valence-corrected chi connectivity index (χ2v) is 15.1. The molecule has 5 heteroatoms. The Kier molecular flexibility index (Phi) is 8.34. The van der Waals surface area contributed by atoms with E-state index in [4.69, 9.17) is 8.85 Å². The van der Waals surface area contributed by atoms with E-state index < -0.39 is 23.7 Å². The van der Waals surface area contributed by atoms with Gasteiger partial charge in [0.2, 0.25) is 9.04 Å². The van der Waals surface area contributed by atoms with Gasteiger partial charge < -0.3 is 14.0 Å². The molecule has 0 aliphatic heterocycles. The summed E-state index contributed by atoms with van der Waals surface area (Å²) < 4.78 is 12.9. The Balaban J connectivity index is 3.82. The molecule has 0 saturated heterocycles. The first kappa shape index (κ1) is 25.2. The molecule has 160 valence electrons. The van der Waals surface area contributed by atoms with E-state index in [1.165, 1.54) is 0 Å². The molecular formula is C23H42O3Si2. The molecule has 0 aliphatic carbocycles. The van der Waals surface area contributed by atoms with Crippen molar-refractivity contribution in [1.82, 2.24) is 0 Å². The average molecular weight is 423 g/mol. The molecule has 2 unspecified atom stereocenters. The van der Waals surface area contributed by atoms with Gasteiger partial charge in [-0.05, 0) is 42.6 Å². The summed E-state index contributed by atoms with van der Waals surface area (Å²) >= 11 is 0. The molecule has 28 heavy (non-hydrogen) atoms. The standard InChI is InChI=1S/C23H42O3Si2/c1-12-16-23(24,20(22(5,6)7)26-28(10)11)18-15-13-14-17(21(2,3)4)19(18)25-27(8)9/h12-15,20,24,27-28H,1,16H2,2-11H3. The number of rotatable bonds is 8. The van der Waals surface area contributed by atoms with E-state index in [0.717, 1.165) is 16.9 Å². The third-order valence-electron chi connectivity index (χ3n) is 4.73. The van der Waals surface area contributed by atoms with E-state index >= 15 is 0 Å². The lowest BCUT2D eigenvalue weighted by molar-refractivity contribution is -0.113. The third-order valence-corrected chi connectivity index (χ3v) is 6.25. The smallest absolute Gasteiger partial charge is 0.229 e. The normalized spacial score (nSPS) is 16.2. The zero-order chi connectivity index (χ0) is 21.9. The number of hydrogen-bond donors (Lipinski definition) is 1. The van der Waals surface area contributed by atoms with Crippen LogP contribution in [-0.4, -0.2) is 29.3 Å². The Labute approximate surface area is 176 Å². The highest BCUT2D eigenvalue weighted by molar-refractivity contribution is 6.49. The summed E-state index contributed by atoms with van der Waals surface area (Å²) in [4.78, 5) is 0. The highest BCUT2D eigenvalue weighted by Gasteiger charge is 2.47. The van der Waals surface area contributed by atoms with Crippen molar-refractivity contribution < 1.29 is 14.0 Å². The highest BCUT2D eigenvalue weighted by atomic mass is 28.3. The number of para-hydroxylation sites is 1. The lowest BCUT2D eigenvalue weighted by Crippen LogP contribution is -2.50. The van der Waals surface area contributed by atoms with Crippen LogP contribution in [0.1, 0.15) is 59.1 Å². The minimum Gasteiger partial charge on any atom is -0.547 e. The fraction of sp³-hybridized carbons (Fsp3) is 0.652. The quantitative estimate of drug-likeness (QED) is 0.442. The number of aliphatic hydroxyl groups is 1. The van der Waals surface area contributed by atoms with Gasteiger partial charge >= 0.3 is 0 Å². The maximum absolute atomic E-state index is 12.2. The van der Waals surface area contributed by atoms with Crippen LogP contribution in [0.3, 0.4) is 0 Å². The van der Waals surface area contributed by atoms with E-state index in [1.807, 2.05) is 12.1 Å². The molecule has 0 heterocycles. The summed E-state index contributed by atoms with van der Waals surface area (Å²) in [6, 6.07) is 6.16. The van der Waals surface area contributed by atoms with E-state index in [9.17, 15) is 5.11 Å². The topological polar surface area (TPSA) is 38.7 Å². The first-order valence-corrected chi connectivity index (χ1v) is 16.0. The summed E-state index contributed by atoms with van der Waals surface area (Å²) in [5.41, 5.74) is 0.434. The molecule has 1 N–H and O–H groups in total. The van der Waals surface area contributed by atoms with E-state index in [1.54, 1.807) is 6.08 Å². The van der Waals surface area contributed by atoms with Gasteiger partial charge in [-0.25, -0.2) is 0 Å². The van der Waals surface area contributed by atoms with Gasteiger partial charge in [-0.1, -0.05) is 65.8 Å². The fourth-order valence-electron chi connectivity index (χ4n) is 3.71. The number of benzene rings is 1. The molecule has 0 bridgehead atoms. The van der Waals surface area contributed by atoms with Crippen molar-refractivity contribution >= 4 is 18.1 Å². The molecule has 3 nitrogen and oxygen atoms in total. The van der Waals surface area contributed by atoms with Crippen molar-refractivity contribution in [2.45, 2.75) is 91.3 Å². The van der Waals surface area contributed by atoms with Crippen molar-refractivity contribution in [1.29, 1.82) is 0 Å². The van der Waals surface area contributed by atoms with Crippen molar-refractivity contribution in [2.75, 3.05) is 0 Å². The first-order valence-electron chi connectivity index (χ1n) is 10.4. The lowest BCUT2D eigenvalue weighted by atomic mass is 9.72. The first-order chi connectivity index (χ1) is 12.6. The Morgan fingerprint density at radius 3 is 1.93 bits per heavy atom. The van der Waals surface area contributed by atoms with Gasteiger partial charge in [-0.3, -0.25) is 0 Å². The Morgan fingerprint density at radius 1 is 1.00 bits per heavy atom. The summed E-state index contributed by atoms with van der Waals surface area (Å²) in [5.74, 6) is 0.837. The van der Waals surface area contributed by atoms with Crippen LogP contribution in [0, 0.1) is 5.41 Å². The highest BCUT2D eigenvalue weighted by Crippen LogP contribution is 2.46. The number of hydrogen-bond acceptors (Lipinski definition) is 3. The van der Waals surface area contributed by atoms with Crippen LogP contribution >= 0.6 is 0 Å². The molecule has 0 amide bonds. The molecule has 1 aromatic rings. The minimum atomic E-state index is -1.39. The van der Waals surface area contributed by atoms with Gasteiger partial charge in [0.1, 0.15) is 11.4 Å². The lowest BCUT2D eigenvalue weighted by Gasteiger charge is -2.45. The Hall–Kier alpha value is -0.886. The second kappa shape index (κ2) is 9.29. The van der Waals surface area contributed by atoms with Crippen molar-refractivity contribution in [2.24, 2.45) is 5.41 Å². The van der Waals surface area contributed by atoms with E-state index in [2.05, 4.69) is 80.4 Å². The van der Waals surface area contributed by atoms with Gasteiger partial charge in [-0.2, -0.15) is 0 Å². The van der Waals surface area contributed by atoms with Gasteiger partial charge in [-0.15, -0.1) is 6.58 Å². The van der Waals surface area contributed by atoms with Crippen LogP contribution in [0.25, 0.3) is 0 Å². The zero-order valence-corrected chi connectivity index (χ0v) is 22.0. The molecular weight excluding hydrogens is 380 g/mol. The van der Waals surface area contributed by atoms with Crippen LogP contribution in [0.4, 0.5) is 0 Å². The molecule has 0 radical (unpaired) electrons. The third kappa shape index (κ3) is 6.05. The van der Waals surface area contributed by atoms with Crippen molar-refractivity contribution in [3.63, 3.8) is 0 Å². The molecule has 0 spiro atoms. The van der Waals surface area contributed by atoms with Crippen LogP contribution < -0.4 is 4.43 Å². The van der Waals surface area contributed by atoms with E-state index in [0.29, 0.717) is 6.42 Å². The largest absolute Gasteiger partial charge is 0.547 e. The van der Waals surface area contributed by atoms with Crippen LogP contribution in [0.2, 0.25) is 26.2 Å². The van der Waals surface area contributed by atoms with Crippen LogP contribution in [-0.2, 0) is 15.4 Å². The molecule has 2 atom stereocenters. The van der Waals surface area contributed by atoms with Crippen molar-refractivity contribution in [3.8, 4) is 5.75 Å². The molecule has 0 aromatic heterocycles. The van der Waals surface area contributed by atoms with Crippen LogP contribution in [0.5, 0.6) is 5.75 Å². The minimum absolute atomic E-state index is 0.0887. The summed E-state index contributed by atoms with van der Waals surface area (Å²) in [6.45, 7) is 25.5. The Morgan fingerprint density at radius 2 is 1.54 bits per heavy atom. The summed E-state index contributed by atoms with van der Waals surface area (Å²) in [5, 5.41) is 12.2. The molecule has 1 rings (SSSR count). The Bertz CT molecular complexity index is 657. The maximum Gasteiger partial charge on any atom is 0.229 e. The summed E-state index contributed by atoms with van der Waals surface area (Å²) in [6.07, 6.45) is 1.86. The molecule has 0 saturated carbocycles. The predicted molar refractivity (Wildman–Crippen MR) is 127 cm³/mol. The van der Waals surface area contributed by atoms with Gasteiger partial charge in [0.05, 0.1) is 6.10 Å². The van der Waals surface area contributed by atoms with Gasteiger partial charge in [0, 0.05) is 12.0 Å². The average Bonchev–Trinajstić information content (AvgIpc) is 2.50. The zero-order valence-electron chi connectivity index (χ0n) is 19.7. The molecule has 0 aliphatic rings. The molecule has 0 fully saturated rings. The monoisotopic (exact) mass is 422 g/mol. The maximum atomic E-state index is 12.2. The SMILES string of the molecule is C=CCC(O)(c1cccc(C(C)(C)C)c1O[SiH](C)C)C(O[SiH](C)C)C(C)(C)C. The second-order valence-electron chi connectivity index (χ2n) is 10.4. The van der Waals surface area contributed by atoms with Crippen molar-refractivity contribution in [3.05, 3.63) is 42.0 Å².